The van der Waals surface area contributed by atoms with Gasteiger partial charge >= 0.3 is 6.03 Å². The lowest BCUT2D eigenvalue weighted by atomic mass is 9.86. The van der Waals surface area contributed by atoms with Crippen LogP contribution >= 0.6 is 34.8 Å². The van der Waals surface area contributed by atoms with Gasteiger partial charge in [-0.2, -0.15) is 0 Å². The molecule has 1 unspecified atom stereocenters. The van der Waals surface area contributed by atoms with Gasteiger partial charge in [-0.25, -0.2) is 4.79 Å². The van der Waals surface area contributed by atoms with Crippen LogP contribution < -0.4 is 15.0 Å². The molecule has 2 heterocycles. The lowest BCUT2D eigenvalue weighted by molar-refractivity contribution is -0.120. The Hall–Kier alpha value is -3.71. The summed E-state index contributed by atoms with van der Waals surface area (Å²) in [7, 11) is 1.62. The number of nitrogens with one attached hydrogen (secondary N) is 1. The number of carbonyl (C=O) groups is 2. The van der Waals surface area contributed by atoms with Crippen molar-refractivity contribution >= 4 is 58.1 Å². The molecule has 2 aliphatic heterocycles. The molecular formula is C36H36Cl3N3O3. The normalized spacial score (nSPS) is 16.3. The first-order valence-corrected chi connectivity index (χ1v) is 16.3. The highest BCUT2D eigenvalue weighted by atomic mass is 35.5. The van der Waals surface area contributed by atoms with Crippen LogP contribution in [0.2, 0.25) is 15.1 Å². The van der Waals surface area contributed by atoms with E-state index in [1.807, 2.05) is 62.4 Å². The fraction of sp³-hybridized carbons (Fsp3) is 0.278. The van der Waals surface area contributed by atoms with E-state index in [9.17, 15) is 9.59 Å². The maximum absolute atomic E-state index is 14.5. The molecule has 4 aromatic rings. The second kappa shape index (κ2) is 14.6. The van der Waals surface area contributed by atoms with Crippen molar-refractivity contribution in [3.63, 3.8) is 0 Å². The number of methoxy groups -OCH3 is 1. The molecule has 1 atom stereocenters. The monoisotopic (exact) mass is 663 g/mol. The maximum atomic E-state index is 14.5. The Morgan fingerprint density at radius 1 is 0.844 bits per heavy atom. The molecule has 1 saturated heterocycles. The van der Waals surface area contributed by atoms with E-state index >= 15 is 0 Å². The van der Waals surface area contributed by atoms with Crippen LogP contribution in [0.3, 0.4) is 0 Å². The quantitative estimate of drug-likeness (QED) is 0.223. The van der Waals surface area contributed by atoms with Gasteiger partial charge in [0.25, 0.3) is 0 Å². The number of hydrogen-bond acceptors (Lipinski definition) is 3. The molecule has 6 nitrogen and oxygen atoms in total. The van der Waals surface area contributed by atoms with Crippen LogP contribution in [0.5, 0.6) is 5.75 Å². The van der Waals surface area contributed by atoms with Crippen molar-refractivity contribution in [3.8, 4) is 16.9 Å². The summed E-state index contributed by atoms with van der Waals surface area (Å²) in [6.07, 6.45) is 1.94. The SMILES string of the molecule is CC.COc1ccc(CN2Cc3c(-c4ccccc4Cl)cc(C4CCNC(=O)CC4)cc3N(c3c(Cl)cccc3Cl)C2=O)cc1. The van der Waals surface area contributed by atoms with Crippen LogP contribution in [-0.2, 0) is 17.9 Å². The third-order valence-electron chi connectivity index (χ3n) is 8.16. The van der Waals surface area contributed by atoms with Crippen molar-refractivity contribution in [2.45, 2.75) is 52.1 Å². The van der Waals surface area contributed by atoms with Gasteiger partial charge in [-0.15, -0.1) is 0 Å². The highest BCUT2D eigenvalue weighted by Crippen LogP contribution is 2.48. The number of hydrogen-bond donors (Lipinski definition) is 1. The third-order valence-corrected chi connectivity index (χ3v) is 9.10. The molecule has 0 aliphatic carbocycles. The topological polar surface area (TPSA) is 61.9 Å². The number of anilines is 2. The van der Waals surface area contributed by atoms with E-state index in [1.54, 1.807) is 35.1 Å². The molecule has 6 rings (SSSR count). The van der Waals surface area contributed by atoms with Crippen LogP contribution in [0.1, 0.15) is 55.7 Å². The van der Waals surface area contributed by atoms with E-state index in [2.05, 4.69) is 17.4 Å². The maximum Gasteiger partial charge on any atom is 0.329 e. The minimum atomic E-state index is -0.238. The first-order valence-electron chi connectivity index (χ1n) is 15.2. The zero-order valence-corrected chi connectivity index (χ0v) is 27.8. The summed E-state index contributed by atoms with van der Waals surface area (Å²) in [5.41, 5.74) is 5.86. The molecule has 9 heteroatoms. The van der Waals surface area contributed by atoms with Crippen molar-refractivity contribution in [1.82, 2.24) is 10.2 Å². The van der Waals surface area contributed by atoms with Gasteiger partial charge in [-0.3, -0.25) is 9.69 Å². The summed E-state index contributed by atoms with van der Waals surface area (Å²) in [4.78, 5) is 30.1. The highest BCUT2D eigenvalue weighted by molar-refractivity contribution is 6.40. The summed E-state index contributed by atoms with van der Waals surface area (Å²) in [6, 6.07) is 24.6. The van der Waals surface area contributed by atoms with Crippen molar-refractivity contribution in [3.05, 3.63) is 111 Å². The molecule has 234 valence electrons. The second-order valence-corrected chi connectivity index (χ2v) is 12.0. The van der Waals surface area contributed by atoms with E-state index in [4.69, 9.17) is 39.5 Å². The molecule has 4 aromatic carbocycles. The summed E-state index contributed by atoms with van der Waals surface area (Å²) in [5, 5.41) is 4.33. The van der Waals surface area contributed by atoms with E-state index in [1.165, 1.54) is 0 Å². The predicted molar refractivity (Wildman–Crippen MR) is 184 cm³/mol. The van der Waals surface area contributed by atoms with Gasteiger partial charge in [0.05, 0.1) is 35.1 Å². The predicted octanol–water partition coefficient (Wildman–Crippen LogP) is 10.0. The molecule has 1 fully saturated rings. The van der Waals surface area contributed by atoms with Crippen molar-refractivity contribution in [2.24, 2.45) is 0 Å². The van der Waals surface area contributed by atoms with Crippen LogP contribution in [0.15, 0.2) is 78.9 Å². The second-order valence-electron chi connectivity index (χ2n) is 10.8. The van der Waals surface area contributed by atoms with Crippen LogP contribution in [0, 0.1) is 0 Å². The van der Waals surface area contributed by atoms with E-state index in [0.717, 1.165) is 40.0 Å². The first kappa shape index (κ1) is 32.7. The summed E-state index contributed by atoms with van der Waals surface area (Å²) in [6.45, 7) is 5.31. The number of halogens is 3. The van der Waals surface area contributed by atoms with Crippen LogP contribution in [0.25, 0.3) is 11.1 Å². The molecule has 0 aromatic heterocycles. The Kier molecular flexibility index (Phi) is 10.6. The average molecular weight is 665 g/mol. The number of nitrogens with zero attached hydrogens (tertiary/aromatic N) is 2. The Morgan fingerprint density at radius 2 is 1.53 bits per heavy atom. The van der Waals surface area contributed by atoms with Gasteiger partial charge in [-0.1, -0.05) is 91.1 Å². The Morgan fingerprint density at radius 3 is 2.22 bits per heavy atom. The molecule has 1 N–H and O–H groups in total. The van der Waals surface area contributed by atoms with Gasteiger partial charge in [0.2, 0.25) is 5.91 Å². The molecule has 0 radical (unpaired) electrons. The van der Waals surface area contributed by atoms with Crippen molar-refractivity contribution < 1.29 is 14.3 Å². The number of benzene rings is 4. The van der Waals surface area contributed by atoms with Gasteiger partial charge < -0.3 is 15.0 Å². The number of rotatable bonds is 6. The molecular weight excluding hydrogens is 629 g/mol. The third kappa shape index (κ3) is 6.94. The summed E-state index contributed by atoms with van der Waals surface area (Å²) < 4.78 is 5.33. The fourth-order valence-electron chi connectivity index (χ4n) is 5.95. The number of amides is 3. The standard InChI is InChI=1S/C34H30Cl3N3O3.C2H6/c1-43-24-12-9-21(10-13-24)19-39-20-27-26(25-5-2-3-6-28(25)35)17-23(22-11-14-32(41)38-16-15-22)18-31(27)40(34(39)42)33-29(36)7-4-8-30(33)37;1-2/h2-10,12-13,17-18,22H,11,14-16,19-20H2,1H3,(H,38,41);1-2H3. The van der Waals surface area contributed by atoms with Crippen LogP contribution in [-0.4, -0.2) is 30.5 Å². The number of ether oxygens (including phenoxy) is 1. The Bertz CT molecular complexity index is 1670. The average Bonchev–Trinajstić information content (AvgIpc) is 3.28. The zero-order chi connectivity index (χ0) is 32.1. The van der Waals surface area contributed by atoms with Gasteiger partial charge in [0.1, 0.15) is 5.75 Å². The Balaban J connectivity index is 0.00000196. The minimum Gasteiger partial charge on any atom is -0.497 e. The Labute approximate surface area is 279 Å². The smallest absolute Gasteiger partial charge is 0.329 e. The minimum absolute atomic E-state index is 0.0561. The number of para-hydroxylation sites is 1. The largest absolute Gasteiger partial charge is 0.497 e. The lowest BCUT2D eigenvalue weighted by Gasteiger charge is -2.39. The zero-order valence-electron chi connectivity index (χ0n) is 25.6. The highest BCUT2D eigenvalue weighted by Gasteiger charge is 2.36. The molecule has 0 spiro atoms. The number of fused-ring (bicyclic) bond motifs is 1. The fourth-order valence-corrected chi connectivity index (χ4v) is 6.76. The first-order chi connectivity index (χ1) is 21.8. The lowest BCUT2D eigenvalue weighted by Crippen LogP contribution is -2.44. The number of urea groups is 1. The molecule has 3 amide bonds. The van der Waals surface area contributed by atoms with Crippen molar-refractivity contribution in [1.29, 1.82) is 0 Å². The van der Waals surface area contributed by atoms with E-state index < -0.39 is 0 Å². The van der Waals surface area contributed by atoms with E-state index in [-0.39, 0.29) is 17.9 Å². The summed E-state index contributed by atoms with van der Waals surface area (Å²) in [5.74, 6) is 0.912. The summed E-state index contributed by atoms with van der Waals surface area (Å²) >= 11 is 20.3. The van der Waals surface area contributed by atoms with Crippen molar-refractivity contribution in [2.75, 3.05) is 18.6 Å². The van der Waals surface area contributed by atoms with Gasteiger partial charge in [-0.05, 0) is 71.8 Å². The molecule has 0 bridgehead atoms. The van der Waals surface area contributed by atoms with Gasteiger partial charge in [0.15, 0.2) is 0 Å². The van der Waals surface area contributed by atoms with Gasteiger partial charge in [0, 0.05) is 35.7 Å². The number of carbonyl (C=O) groups excluding carboxylic acids is 2. The molecule has 0 saturated carbocycles. The molecule has 2 aliphatic rings. The van der Waals surface area contributed by atoms with E-state index in [0.29, 0.717) is 58.9 Å². The molecule has 45 heavy (non-hydrogen) atoms. The van der Waals surface area contributed by atoms with Crippen LogP contribution in [0.4, 0.5) is 16.2 Å².